The second-order valence-corrected chi connectivity index (χ2v) is 8.68. The van der Waals surface area contributed by atoms with Crippen LogP contribution in [0.4, 0.5) is 17.1 Å². The number of rotatable bonds is 5. The highest BCUT2D eigenvalue weighted by Gasteiger charge is 2.38. The van der Waals surface area contributed by atoms with E-state index >= 15 is 0 Å². The average Bonchev–Trinajstić information content (AvgIpc) is 2.83. The van der Waals surface area contributed by atoms with Gasteiger partial charge in [-0.25, -0.2) is 0 Å². The van der Waals surface area contributed by atoms with Gasteiger partial charge < -0.3 is 19.9 Å². The summed E-state index contributed by atoms with van der Waals surface area (Å²) in [4.78, 5) is 41.6. The topological polar surface area (TPSA) is 79.0 Å². The Labute approximate surface area is 205 Å². The number of nitrogens with zero attached hydrogens (tertiary/aromatic N) is 2. The van der Waals surface area contributed by atoms with E-state index in [2.05, 4.69) is 5.32 Å². The molecule has 0 saturated carbocycles. The molecule has 0 spiro atoms. The first kappa shape index (κ1) is 24.0. The maximum Gasteiger partial charge on any atom is 0.258 e. The third-order valence-corrected chi connectivity index (χ3v) is 6.21. The quantitative estimate of drug-likeness (QED) is 0.556. The number of amides is 3. The Bertz CT molecular complexity index is 1260. The molecule has 3 amide bonds. The molecule has 0 fully saturated rings. The molecule has 3 aromatic carbocycles. The Kier molecular flexibility index (Phi) is 6.87. The van der Waals surface area contributed by atoms with Gasteiger partial charge in [0.25, 0.3) is 5.91 Å². The van der Waals surface area contributed by atoms with Crippen molar-refractivity contribution in [3.05, 3.63) is 83.9 Å². The van der Waals surface area contributed by atoms with Crippen molar-refractivity contribution >= 4 is 34.8 Å². The highest BCUT2D eigenvalue weighted by molar-refractivity contribution is 6.07. The number of carbonyl (C=O) groups is 3. The molecule has 2 atom stereocenters. The zero-order valence-corrected chi connectivity index (χ0v) is 20.3. The molecule has 180 valence electrons. The molecule has 0 aromatic heterocycles. The zero-order chi connectivity index (χ0) is 25.1. The third kappa shape index (κ3) is 4.89. The molecule has 1 aliphatic rings. The van der Waals surface area contributed by atoms with Gasteiger partial charge in [0.05, 0.1) is 13.2 Å². The van der Waals surface area contributed by atoms with Crippen LogP contribution in [0, 0.1) is 0 Å². The molecule has 2 unspecified atom stereocenters. The van der Waals surface area contributed by atoms with Gasteiger partial charge in [0, 0.05) is 42.5 Å². The summed E-state index contributed by atoms with van der Waals surface area (Å²) >= 11 is 0. The fourth-order valence-corrected chi connectivity index (χ4v) is 4.73. The van der Waals surface area contributed by atoms with Crippen LogP contribution in [0.5, 0.6) is 5.75 Å². The third-order valence-electron chi connectivity index (χ3n) is 6.21. The number of carbonyl (C=O) groups excluding carboxylic acids is 3. The van der Waals surface area contributed by atoms with Gasteiger partial charge in [-0.05, 0) is 67.4 Å². The van der Waals surface area contributed by atoms with Crippen LogP contribution in [0.1, 0.15) is 49.2 Å². The first-order valence-corrected chi connectivity index (χ1v) is 11.5. The Hall–Kier alpha value is -4.13. The van der Waals surface area contributed by atoms with Gasteiger partial charge >= 0.3 is 0 Å². The Morgan fingerprint density at radius 3 is 2.34 bits per heavy atom. The molecule has 3 aromatic rings. The highest BCUT2D eigenvalue weighted by atomic mass is 16.5. The predicted molar refractivity (Wildman–Crippen MR) is 137 cm³/mol. The molecule has 4 rings (SSSR count). The number of fused-ring (bicyclic) bond motifs is 1. The molecule has 1 N–H and O–H groups in total. The second kappa shape index (κ2) is 10.0. The van der Waals surface area contributed by atoms with E-state index in [-0.39, 0.29) is 29.8 Å². The minimum absolute atomic E-state index is 0.104. The lowest BCUT2D eigenvalue weighted by Crippen LogP contribution is -2.47. The van der Waals surface area contributed by atoms with Crippen molar-refractivity contribution in [1.29, 1.82) is 0 Å². The molecule has 0 bridgehead atoms. The van der Waals surface area contributed by atoms with E-state index in [1.165, 1.54) is 13.8 Å². The summed E-state index contributed by atoms with van der Waals surface area (Å²) in [6, 6.07) is 21.6. The van der Waals surface area contributed by atoms with E-state index in [1.54, 1.807) is 53.3 Å². The minimum atomic E-state index is -0.272. The first-order valence-electron chi connectivity index (χ1n) is 11.5. The van der Waals surface area contributed by atoms with Crippen LogP contribution in [0.3, 0.4) is 0 Å². The van der Waals surface area contributed by atoms with E-state index in [4.69, 9.17) is 4.74 Å². The van der Waals surface area contributed by atoms with Crippen molar-refractivity contribution in [3.8, 4) is 5.75 Å². The van der Waals surface area contributed by atoms with Crippen molar-refractivity contribution in [3.63, 3.8) is 0 Å². The van der Waals surface area contributed by atoms with Gasteiger partial charge in [-0.15, -0.1) is 0 Å². The monoisotopic (exact) mass is 471 g/mol. The highest BCUT2D eigenvalue weighted by Crippen LogP contribution is 2.43. The number of hydrogen-bond donors (Lipinski definition) is 1. The van der Waals surface area contributed by atoms with Crippen molar-refractivity contribution in [2.75, 3.05) is 22.2 Å². The van der Waals surface area contributed by atoms with Gasteiger partial charge in [-0.1, -0.05) is 24.3 Å². The molecule has 7 nitrogen and oxygen atoms in total. The van der Waals surface area contributed by atoms with Crippen molar-refractivity contribution in [2.24, 2.45) is 0 Å². The molecular weight excluding hydrogens is 442 g/mol. The van der Waals surface area contributed by atoms with Crippen LogP contribution < -0.4 is 19.9 Å². The fourth-order valence-electron chi connectivity index (χ4n) is 4.73. The van der Waals surface area contributed by atoms with Gasteiger partial charge in [-0.3, -0.25) is 14.4 Å². The van der Waals surface area contributed by atoms with Crippen LogP contribution in [-0.4, -0.2) is 30.9 Å². The Morgan fingerprint density at radius 2 is 1.69 bits per heavy atom. The number of nitrogens with one attached hydrogen (secondary N) is 1. The Balaban J connectivity index is 1.74. The molecule has 35 heavy (non-hydrogen) atoms. The largest absolute Gasteiger partial charge is 0.497 e. The molecule has 1 heterocycles. The Morgan fingerprint density at radius 1 is 0.971 bits per heavy atom. The average molecular weight is 472 g/mol. The molecule has 0 radical (unpaired) electrons. The van der Waals surface area contributed by atoms with Crippen molar-refractivity contribution in [1.82, 2.24) is 0 Å². The lowest BCUT2D eigenvalue weighted by Gasteiger charge is -2.43. The standard InChI is InChI=1S/C28H29N3O4/c1-18-16-27(31(20(3)33)23-9-7-8-22(17-23)29-19(2)32)25-10-5-6-11-26(25)30(18)28(34)21-12-14-24(35-4)15-13-21/h5-15,17-18,27H,16H2,1-4H3,(H,29,32). The summed E-state index contributed by atoms with van der Waals surface area (Å²) in [5.74, 6) is 0.285. The number of para-hydroxylation sites is 1. The molecule has 0 aliphatic carbocycles. The van der Waals surface area contributed by atoms with Crippen LogP contribution in [0.15, 0.2) is 72.8 Å². The van der Waals surface area contributed by atoms with Crippen molar-refractivity contribution in [2.45, 2.75) is 39.3 Å². The van der Waals surface area contributed by atoms with E-state index in [0.29, 0.717) is 29.1 Å². The van der Waals surface area contributed by atoms with Crippen LogP contribution in [0.2, 0.25) is 0 Å². The molecule has 1 aliphatic heterocycles. The fraction of sp³-hybridized carbons (Fsp3) is 0.250. The number of methoxy groups -OCH3 is 1. The maximum absolute atomic E-state index is 13.6. The molecule has 7 heteroatoms. The minimum Gasteiger partial charge on any atom is -0.497 e. The summed E-state index contributed by atoms with van der Waals surface area (Å²) in [7, 11) is 1.59. The van der Waals surface area contributed by atoms with Crippen LogP contribution in [-0.2, 0) is 9.59 Å². The smallest absolute Gasteiger partial charge is 0.258 e. The molecule has 0 saturated heterocycles. The number of ether oxygens (including phenoxy) is 1. The second-order valence-electron chi connectivity index (χ2n) is 8.68. The van der Waals surface area contributed by atoms with Crippen LogP contribution >= 0.6 is 0 Å². The van der Waals surface area contributed by atoms with E-state index in [1.807, 2.05) is 43.3 Å². The normalized spacial score (nSPS) is 16.7. The van der Waals surface area contributed by atoms with Gasteiger partial charge in [0.1, 0.15) is 5.75 Å². The molecular formula is C28H29N3O4. The SMILES string of the molecule is COc1ccc(C(=O)N2c3ccccc3C(N(C(C)=O)c3cccc(NC(C)=O)c3)CC2C)cc1. The van der Waals surface area contributed by atoms with Gasteiger partial charge in [0.15, 0.2) is 0 Å². The summed E-state index contributed by atoms with van der Waals surface area (Å²) < 4.78 is 5.22. The van der Waals surface area contributed by atoms with E-state index in [0.717, 1.165) is 11.3 Å². The number of benzene rings is 3. The van der Waals surface area contributed by atoms with E-state index < -0.39 is 0 Å². The maximum atomic E-state index is 13.6. The first-order chi connectivity index (χ1) is 16.8. The van der Waals surface area contributed by atoms with Crippen molar-refractivity contribution < 1.29 is 19.1 Å². The van der Waals surface area contributed by atoms with Gasteiger partial charge in [0.2, 0.25) is 11.8 Å². The summed E-state index contributed by atoms with van der Waals surface area (Å²) in [6.07, 6.45) is 0.558. The summed E-state index contributed by atoms with van der Waals surface area (Å²) in [5, 5.41) is 2.78. The van der Waals surface area contributed by atoms with Gasteiger partial charge in [-0.2, -0.15) is 0 Å². The zero-order valence-electron chi connectivity index (χ0n) is 20.3. The van der Waals surface area contributed by atoms with E-state index in [9.17, 15) is 14.4 Å². The number of hydrogen-bond acceptors (Lipinski definition) is 4. The summed E-state index contributed by atoms with van der Waals surface area (Å²) in [6.45, 7) is 4.98. The lowest BCUT2D eigenvalue weighted by atomic mass is 9.89. The predicted octanol–water partition coefficient (Wildman–Crippen LogP) is 5.19. The lowest BCUT2D eigenvalue weighted by molar-refractivity contribution is -0.117. The summed E-state index contributed by atoms with van der Waals surface area (Å²) in [5.41, 5.74) is 3.55. The number of anilines is 3. The van der Waals surface area contributed by atoms with Crippen LogP contribution in [0.25, 0.3) is 0 Å².